The Labute approximate surface area is 152 Å². The van der Waals surface area contributed by atoms with Crippen molar-refractivity contribution in [3.63, 3.8) is 0 Å². The summed E-state index contributed by atoms with van der Waals surface area (Å²) in [4.78, 5) is 17.2. The second-order valence-electron chi connectivity index (χ2n) is 8.37. The number of carbonyl (C=O) groups is 1. The zero-order chi connectivity index (χ0) is 16.3. The van der Waals surface area contributed by atoms with Gasteiger partial charge in [-0.2, -0.15) is 0 Å². The molecule has 3 nitrogen and oxygen atoms in total. The predicted molar refractivity (Wildman–Crippen MR) is 98.2 cm³/mol. The molecule has 4 aliphatic carbocycles. The summed E-state index contributed by atoms with van der Waals surface area (Å²) >= 11 is 3.71. The van der Waals surface area contributed by atoms with Crippen LogP contribution in [0.15, 0.2) is 9.72 Å². The lowest BCUT2D eigenvalue weighted by molar-refractivity contribution is -0.124. The largest absolute Gasteiger partial charge is 0.353 e. The topological polar surface area (TPSA) is 42.0 Å². The molecular formula is C19H26N2OS2. The standard InChI is InChI=1S/C19H26N2OS2/c1-10-9-23-19(20-10)24-14-6-4-13(5-7-14)21-18(22)17-15-11-2-3-12(8-11)16(15)17/h9,11-17H,2-8H2,1H3,(H,21,22)/t11-,12+,13?,14?,15+,16-,17?. The van der Waals surface area contributed by atoms with Gasteiger partial charge in [-0.15, -0.1) is 11.3 Å². The number of aromatic nitrogens is 1. The van der Waals surface area contributed by atoms with E-state index in [0.717, 1.165) is 42.2 Å². The third-order valence-electron chi connectivity index (χ3n) is 6.92. The van der Waals surface area contributed by atoms with E-state index in [1.807, 2.05) is 11.8 Å². The van der Waals surface area contributed by atoms with Crippen LogP contribution in [-0.4, -0.2) is 22.2 Å². The van der Waals surface area contributed by atoms with Crippen molar-refractivity contribution in [3.05, 3.63) is 11.1 Å². The lowest BCUT2D eigenvalue weighted by Crippen LogP contribution is -2.39. The fraction of sp³-hybridized carbons (Fsp3) is 0.789. The summed E-state index contributed by atoms with van der Waals surface area (Å²) in [5.74, 6) is 4.11. The maximum Gasteiger partial charge on any atom is 0.223 e. The summed E-state index contributed by atoms with van der Waals surface area (Å²) in [6.07, 6.45) is 8.92. The van der Waals surface area contributed by atoms with Crippen LogP contribution in [0.1, 0.15) is 50.6 Å². The van der Waals surface area contributed by atoms with Crippen LogP contribution in [0.3, 0.4) is 0 Å². The van der Waals surface area contributed by atoms with Crippen LogP contribution in [0.5, 0.6) is 0 Å². The second kappa shape index (κ2) is 6.01. The van der Waals surface area contributed by atoms with E-state index < -0.39 is 0 Å². The highest BCUT2D eigenvalue weighted by molar-refractivity contribution is 8.01. The Bertz CT molecular complexity index is 621. The summed E-state index contributed by atoms with van der Waals surface area (Å²) in [5.41, 5.74) is 1.13. The van der Waals surface area contributed by atoms with Crippen LogP contribution in [-0.2, 0) is 4.79 Å². The quantitative estimate of drug-likeness (QED) is 0.870. The average Bonchev–Trinajstić information content (AvgIpc) is 2.86. The number of thioether (sulfide) groups is 1. The first-order chi connectivity index (χ1) is 11.7. The van der Waals surface area contributed by atoms with Gasteiger partial charge in [0, 0.05) is 28.3 Å². The van der Waals surface area contributed by atoms with E-state index in [2.05, 4.69) is 22.6 Å². The predicted octanol–water partition coefficient (Wildman–Crippen LogP) is 4.26. The van der Waals surface area contributed by atoms with Crippen LogP contribution in [0.2, 0.25) is 0 Å². The molecule has 0 spiro atoms. The number of thiazole rings is 1. The third kappa shape index (κ3) is 2.72. The van der Waals surface area contributed by atoms with E-state index in [9.17, 15) is 4.79 Å². The van der Waals surface area contributed by atoms with Gasteiger partial charge in [0.05, 0.1) is 0 Å². The zero-order valence-corrected chi connectivity index (χ0v) is 15.9. The first-order valence-corrected chi connectivity index (χ1v) is 11.3. The van der Waals surface area contributed by atoms with E-state index in [4.69, 9.17) is 0 Å². The third-order valence-corrected chi connectivity index (χ3v) is 9.35. The van der Waals surface area contributed by atoms with Crippen molar-refractivity contribution in [1.29, 1.82) is 0 Å². The summed E-state index contributed by atoms with van der Waals surface area (Å²) < 4.78 is 1.21. The van der Waals surface area contributed by atoms with Crippen molar-refractivity contribution in [2.24, 2.45) is 29.6 Å². The second-order valence-corrected chi connectivity index (χ2v) is 10.8. The Morgan fingerprint density at radius 2 is 1.88 bits per heavy atom. The van der Waals surface area contributed by atoms with Crippen LogP contribution in [0.4, 0.5) is 0 Å². The molecule has 0 radical (unpaired) electrons. The molecule has 1 heterocycles. The van der Waals surface area contributed by atoms with Gasteiger partial charge in [-0.05, 0) is 75.5 Å². The lowest BCUT2D eigenvalue weighted by atomic mass is 9.94. The molecule has 4 saturated carbocycles. The molecule has 24 heavy (non-hydrogen) atoms. The maximum atomic E-state index is 12.7. The summed E-state index contributed by atoms with van der Waals surface area (Å²) in [5, 5.41) is 6.22. The monoisotopic (exact) mass is 362 g/mol. The minimum atomic E-state index is 0.390. The van der Waals surface area contributed by atoms with E-state index in [1.54, 1.807) is 11.3 Å². The summed E-state index contributed by atoms with van der Waals surface area (Å²) in [7, 11) is 0. The number of rotatable bonds is 4. The zero-order valence-electron chi connectivity index (χ0n) is 14.2. The number of hydrogen-bond acceptors (Lipinski definition) is 4. The lowest BCUT2D eigenvalue weighted by Gasteiger charge is -2.28. The van der Waals surface area contributed by atoms with Crippen molar-refractivity contribution >= 4 is 29.0 Å². The van der Waals surface area contributed by atoms with Gasteiger partial charge in [-0.25, -0.2) is 4.98 Å². The Morgan fingerprint density at radius 3 is 2.50 bits per heavy atom. The van der Waals surface area contributed by atoms with E-state index in [0.29, 0.717) is 23.1 Å². The molecule has 130 valence electrons. The van der Waals surface area contributed by atoms with Crippen molar-refractivity contribution in [2.75, 3.05) is 0 Å². The van der Waals surface area contributed by atoms with E-state index >= 15 is 0 Å². The fourth-order valence-corrected chi connectivity index (χ4v) is 8.11. The number of aryl methyl sites for hydroxylation is 1. The Morgan fingerprint density at radius 1 is 1.17 bits per heavy atom. The minimum Gasteiger partial charge on any atom is -0.353 e. The molecule has 5 atom stereocenters. The molecule has 0 aliphatic heterocycles. The summed E-state index contributed by atoms with van der Waals surface area (Å²) in [6, 6.07) is 0.423. The van der Waals surface area contributed by atoms with Crippen LogP contribution < -0.4 is 5.32 Å². The van der Waals surface area contributed by atoms with Gasteiger partial charge < -0.3 is 5.32 Å². The van der Waals surface area contributed by atoms with Gasteiger partial charge in [0.1, 0.15) is 4.34 Å². The van der Waals surface area contributed by atoms with Gasteiger partial charge in [0.15, 0.2) is 0 Å². The van der Waals surface area contributed by atoms with Crippen LogP contribution in [0.25, 0.3) is 0 Å². The van der Waals surface area contributed by atoms with Crippen LogP contribution in [0, 0.1) is 36.5 Å². The van der Waals surface area contributed by atoms with Gasteiger partial charge in [-0.1, -0.05) is 11.8 Å². The highest BCUT2D eigenvalue weighted by atomic mass is 32.2. The highest BCUT2D eigenvalue weighted by Crippen LogP contribution is 2.69. The summed E-state index contributed by atoms with van der Waals surface area (Å²) in [6.45, 7) is 2.06. The number of carbonyl (C=O) groups excluding carboxylic acids is 1. The molecule has 5 rings (SSSR count). The Hall–Kier alpha value is -0.550. The molecule has 4 fully saturated rings. The molecule has 0 saturated heterocycles. The number of hydrogen-bond donors (Lipinski definition) is 1. The molecule has 1 aromatic heterocycles. The SMILES string of the molecule is Cc1csc(SC2CCC(NC(=O)C3[C@@H]4[C@H]5CC[C@H](C5)[C@H]34)CC2)n1. The fourth-order valence-electron chi connectivity index (χ4n) is 5.83. The smallest absolute Gasteiger partial charge is 0.223 e. The molecule has 1 amide bonds. The number of nitrogens with one attached hydrogen (secondary N) is 1. The minimum absolute atomic E-state index is 0.390. The molecule has 1 aromatic rings. The molecule has 0 aromatic carbocycles. The first-order valence-electron chi connectivity index (χ1n) is 9.58. The van der Waals surface area contributed by atoms with Crippen LogP contribution >= 0.6 is 23.1 Å². The molecule has 2 bridgehead atoms. The van der Waals surface area contributed by atoms with E-state index in [1.165, 1.54) is 36.4 Å². The van der Waals surface area contributed by atoms with Crippen molar-refractivity contribution in [3.8, 4) is 0 Å². The van der Waals surface area contributed by atoms with Gasteiger partial charge >= 0.3 is 0 Å². The molecule has 1 N–H and O–H groups in total. The highest BCUT2D eigenvalue weighted by Gasteiger charge is 2.67. The normalized spacial score (nSPS) is 42.8. The average molecular weight is 363 g/mol. The number of nitrogens with zero attached hydrogens (tertiary/aromatic N) is 1. The number of fused-ring (bicyclic) bond motifs is 5. The Balaban J connectivity index is 1.09. The van der Waals surface area contributed by atoms with Gasteiger partial charge in [0.2, 0.25) is 5.91 Å². The van der Waals surface area contributed by atoms with Crippen molar-refractivity contribution < 1.29 is 4.79 Å². The molecule has 5 heteroatoms. The Kier molecular flexibility index (Phi) is 3.93. The molecule has 1 unspecified atom stereocenters. The maximum absolute atomic E-state index is 12.7. The first kappa shape index (κ1) is 15.7. The molecular weight excluding hydrogens is 336 g/mol. The van der Waals surface area contributed by atoms with Crippen molar-refractivity contribution in [2.45, 2.75) is 67.5 Å². The number of amides is 1. The van der Waals surface area contributed by atoms with E-state index in [-0.39, 0.29) is 0 Å². The molecule has 4 aliphatic rings. The van der Waals surface area contributed by atoms with Gasteiger partial charge in [0.25, 0.3) is 0 Å². The van der Waals surface area contributed by atoms with Gasteiger partial charge in [-0.3, -0.25) is 4.79 Å². The van der Waals surface area contributed by atoms with Crippen molar-refractivity contribution in [1.82, 2.24) is 10.3 Å².